The van der Waals surface area contributed by atoms with Crippen LogP contribution in [-0.4, -0.2) is 74.3 Å². The maximum atomic E-state index is 14.0. The molecule has 0 saturated heterocycles. The Morgan fingerprint density at radius 1 is 1.10 bits per heavy atom. The predicted molar refractivity (Wildman–Crippen MR) is 149 cm³/mol. The number of rotatable bonds is 6. The molecule has 1 fully saturated rings. The number of aliphatic hydroxyl groups is 3. The zero-order valence-corrected chi connectivity index (χ0v) is 23.0. The topological polar surface area (TPSA) is 178 Å². The Hall–Kier alpha value is -4.28. The second-order valence-corrected chi connectivity index (χ2v) is 11.3. The molecule has 3 aliphatic rings. The number of nitrogens with zero attached hydrogens (tertiary/aromatic N) is 1. The van der Waals surface area contributed by atoms with Crippen molar-refractivity contribution < 1.29 is 39.6 Å². The van der Waals surface area contributed by atoms with Crippen LogP contribution in [-0.2, 0) is 32.0 Å². The first-order valence-electron chi connectivity index (χ1n) is 13.4. The minimum Gasteiger partial charge on any atom is -0.508 e. The first-order chi connectivity index (χ1) is 19.3. The highest BCUT2D eigenvalue weighted by molar-refractivity contribution is 6.24. The third kappa shape index (κ3) is 4.25. The van der Waals surface area contributed by atoms with Crippen molar-refractivity contribution in [2.45, 2.75) is 44.2 Å². The summed E-state index contributed by atoms with van der Waals surface area (Å²) in [7, 11) is 3.12. The summed E-state index contributed by atoms with van der Waals surface area (Å²) < 4.78 is 0. The molecule has 41 heavy (non-hydrogen) atoms. The van der Waals surface area contributed by atoms with Gasteiger partial charge in [-0.15, -0.1) is 0 Å². The number of likely N-dealkylation sites (N-methyl/N-ethyl adjacent to an activating group) is 1. The minimum absolute atomic E-state index is 0.0134. The zero-order valence-electron chi connectivity index (χ0n) is 23.0. The van der Waals surface area contributed by atoms with Gasteiger partial charge in [0.05, 0.1) is 11.6 Å². The molecular weight excluding hydrogens is 528 g/mol. The highest BCUT2D eigenvalue weighted by atomic mass is 16.3. The normalized spacial score (nSPS) is 25.6. The van der Waals surface area contributed by atoms with Gasteiger partial charge in [0, 0.05) is 17.9 Å². The molecule has 0 radical (unpaired) electrons. The van der Waals surface area contributed by atoms with Crippen molar-refractivity contribution in [2.75, 3.05) is 14.1 Å². The number of primary amides is 1. The van der Waals surface area contributed by atoms with E-state index in [2.05, 4.69) is 0 Å². The molecule has 1 saturated carbocycles. The fraction of sp³-hybridized carbons (Fsp3) is 0.355. The van der Waals surface area contributed by atoms with E-state index < -0.39 is 58.0 Å². The van der Waals surface area contributed by atoms with Gasteiger partial charge in [0.1, 0.15) is 28.6 Å². The Morgan fingerprint density at radius 2 is 1.80 bits per heavy atom. The first kappa shape index (κ1) is 28.3. The number of nitrogens with two attached hydrogens (primary N) is 1. The first-order valence-corrected chi connectivity index (χ1v) is 13.4. The second kappa shape index (κ2) is 9.97. The highest BCUT2D eigenvalue weighted by Gasteiger charge is 2.64. The molecule has 214 valence electrons. The summed E-state index contributed by atoms with van der Waals surface area (Å²) in [5, 5.41) is 45.0. The number of ketones is 3. The lowest BCUT2D eigenvalue weighted by atomic mass is 9.57. The standard InChI is InChI=1S/C31H32N2O8/c1-14(34)7-8-15-5-4-6-16(11-15)18-9-10-21(35)23-19(18)12-17-13-20-25(33(2)3)27(37)24(30(32)40)29(39)31(20,41)28(38)22(17)26(23)36/h4-6,9-11,17,20,25,35-36,39,41H,7-8,12-13H2,1-3H3,(H2,32,40). The van der Waals surface area contributed by atoms with Crippen LogP contribution in [0.25, 0.3) is 16.9 Å². The van der Waals surface area contributed by atoms with Crippen LogP contribution in [0.4, 0.5) is 0 Å². The van der Waals surface area contributed by atoms with Crippen molar-refractivity contribution in [1.29, 1.82) is 0 Å². The molecule has 2 aromatic carbocycles. The average Bonchev–Trinajstić information content (AvgIpc) is 2.89. The van der Waals surface area contributed by atoms with Crippen LogP contribution in [0.15, 0.2) is 53.3 Å². The summed E-state index contributed by atoms with van der Waals surface area (Å²) >= 11 is 0. The lowest BCUT2D eigenvalue weighted by molar-refractivity contribution is -0.153. The van der Waals surface area contributed by atoms with Crippen LogP contribution < -0.4 is 5.73 Å². The number of carbonyl (C=O) groups excluding carboxylic acids is 4. The van der Waals surface area contributed by atoms with Gasteiger partial charge in [-0.25, -0.2) is 0 Å². The number of aromatic hydroxyl groups is 1. The monoisotopic (exact) mass is 560 g/mol. The highest BCUT2D eigenvalue weighted by Crippen LogP contribution is 2.53. The van der Waals surface area contributed by atoms with Crippen LogP contribution >= 0.6 is 0 Å². The molecule has 3 aliphatic carbocycles. The Morgan fingerprint density at radius 3 is 2.44 bits per heavy atom. The van der Waals surface area contributed by atoms with Gasteiger partial charge < -0.3 is 31.0 Å². The average molecular weight is 561 g/mol. The molecule has 10 nitrogen and oxygen atoms in total. The number of Topliss-reactive ketones (excluding diaryl/α,β-unsaturated/α-hetero) is 3. The molecule has 1 amide bonds. The summed E-state index contributed by atoms with van der Waals surface area (Å²) in [5.41, 5.74) is 4.71. The maximum Gasteiger partial charge on any atom is 0.255 e. The predicted octanol–water partition coefficient (Wildman–Crippen LogP) is 2.15. The fourth-order valence-corrected chi connectivity index (χ4v) is 6.73. The van der Waals surface area contributed by atoms with Crippen molar-refractivity contribution in [3.05, 3.63) is 70.0 Å². The molecule has 10 heteroatoms. The molecule has 0 aliphatic heterocycles. The SMILES string of the molecule is CC(=O)CCc1cccc(-c2ccc(O)c3c2CC2CC4C(N(C)C)C(=O)C(C(N)=O)=C(O)C4(O)C(=O)C2=C3O)c1. The van der Waals surface area contributed by atoms with Crippen LogP contribution in [0.5, 0.6) is 5.75 Å². The summed E-state index contributed by atoms with van der Waals surface area (Å²) in [4.78, 5) is 52.3. The molecule has 4 atom stereocenters. The number of phenols is 1. The summed E-state index contributed by atoms with van der Waals surface area (Å²) in [6, 6.07) is 9.57. The van der Waals surface area contributed by atoms with Crippen LogP contribution in [0.3, 0.4) is 0 Å². The largest absolute Gasteiger partial charge is 0.508 e. The van der Waals surface area contributed by atoms with E-state index in [1.165, 1.54) is 17.9 Å². The van der Waals surface area contributed by atoms with Crippen molar-refractivity contribution >= 4 is 29.0 Å². The van der Waals surface area contributed by atoms with E-state index in [4.69, 9.17) is 5.73 Å². The number of carbonyl (C=O) groups is 4. The Labute approximate surface area is 236 Å². The molecular formula is C31H32N2O8. The zero-order chi connectivity index (χ0) is 30.0. The maximum absolute atomic E-state index is 14.0. The third-order valence-electron chi connectivity index (χ3n) is 8.61. The second-order valence-electron chi connectivity index (χ2n) is 11.3. The molecule has 0 aromatic heterocycles. The van der Waals surface area contributed by atoms with E-state index in [9.17, 15) is 39.6 Å². The van der Waals surface area contributed by atoms with E-state index in [-0.39, 0.29) is 35.5 Å². The molecule has 6 N–H and O–H groups in total. The number of amides is 1. The lowest BCUT2D eigenvalue weighted by Crippen LogP contribution is -2.65. The van der Waals surface area contributed by atoms with Crippen molar-refractivity contribution in [3.63, 3.8) is 0 Å². The number of hydrogen-bond acceptors (Lipinski definition) is 9. The van der Waals surface area contributed by atoms with Gasteiger partial charge in [-0.05, 0) is 74.5 Å². The van der Waals surface area contributed by atoms with Gasteiger partial charge in [-0.2, -0.15) is 0 Å². The van der Waals surface area contributed by atoms with E-state index >= 15 is 0 Å². The quantitative estimate of drug-likeness (QED) is 0.331. The molecule has 0 spiro atoms. The van der Waals surface area contributed by atoms with E-state index in [1.807, 2.05) is 24.3 Å². The lowest BCUT2D eigenvalue weighted by Gasteiger charge is -2.50. The smallest absolute Gasteiger partial charge is 0.255 e. The van der Waals surface area contributed by atoms with Crippen molar-refractivity contribution in [2.24, 2.45) is 17.6 Å². The van der Waals surface area contributed by atoms with E-state index in [1.54, 1.807) is 20.2 Å². The van der Waals surface area contributed by atoms with Crippen LogP contribution in [0.1, 0.15) is 36.5 Å². The minimum atomic E-state index is -2.68. The number of aryl methyl sites for hydroxylation is 1. The van der Waals surface area contributed by atoms with Gasteiger partial charge in [0.25, 0.3) is 5.91 Å². The molecule has 2 aromatic rings. The summed E-state index contributed by atoms with van der Waals surface area (Å²) in [6.07, 6.45) is 1.15. The number of fused-ring (bicyclic) bond motifs is 3. The molecule has 0 heterocycles. The number of aliphatic hydroxyl groups excluding tert-OH is 2. The van der Waals surface area contributed by atoms with Crippen molar-refractivity contribution in [3.8, 4) is 16.9 Å². The molecule has 0 bridgehead atoms. The van der Waals surface area contributed by atoms with Gasteiger partial charge in [-0.3, -0.25) is 19.3 Å². The van der Waals surface area contributed by atoms with E-state index in [0.717, 1.165) is 11.1 Å². The third-order valence-corrected chi connectivity index (χ3v) is 8.61. The Kier molecular flexibility index (Phi) is 6.87. The molecule has 4 unspecified atom stereocenters. The number of phenolic OH excluding ortho intramolecular Hbond substituents is 1. The Bertz CT molecular complexity index is 1590. The number of benzene rings is 2. The molecule has 5 rings (SSSR count). The number of hydrogen-bond donors (Lipinski definition) is 5. The van der Waals surface area contributed by atoms with Crippen molar-refractivity contribution in [1.82, 2.24) is 4.90 Å². The fourth-order valence-electron chi connectivity index (χ4n) is 6.73. The van der Waals surface area contributed by atoms with Gasteiger partial charge in [-0.1, -0.05) is 30.3 Å². The van der Waals surface area contributed by atoms with Gasteiger partial charge >= 0.3 is 0 Å². The van der Waals surface area contributed by atoms with E-state index in [0.29, 0.717) is 24.0 Å². The van der Waals surface area contributed by atoms with Gasteiger partial charge in [0.15, 0.2) is 11.4 Å². The summed E-state index contributed by atoms with van der Waals surface area (Å²) in [5.74, 6) is -6.78. The van der Waals surface area contributed by atoms with Crippen LogP contribution in [0, 0.1) is 11.8 Å². The summed E-state index contributed by atoms with van der Waals surface area (Å²) in [6.45, 7) is 1.53. The van der Waals surface area contributed by atoms with Crippen LogP contribution in [0.2, 0.25) is 0 Å². The Balaban J connectivity index is 1.68. The van der Waals surface area contributed by atoms with Gasteiger partial charge in [0.2, 0.25) is 5.78 Å².